The van der Waals surface area contributed by atoms with Crippen molar-refractivity contribution in [2.75, 3.05) is 17.2 Å². The molecule has 2 atom stereocenters. The fourth-order valence-corrected chi connectivity index (χ4v) is 7.33. The molecule has 0 radical (unpaired) electrons. The van der Waals surface area contributed by atoms with Gasteiger partial charge in [0.1, 0.15) is 28.9 Å². The molecule has 0 saturated carbocycles. The molecule has 266 valence electrons. The highest BCUT2D eigenvalue weighted by Gasteiger charge is 2.43. The normalized spacial score (nSPS) is 16.5. The quantitative estimate of drug-likeness (QED) is 0.178. The number of furan rings is 1. The molecule has 0 spiro atoms. The zero-order valence-electron chi connectivity index (χ0n) is 30.6. The molecule has 2 N–H and O–H groups in total. The van der Waals surface area contributed by atoms with Crippen LogP contribution in [0.3, 0.4) is 0 Å². The zero-order chi connectivity index (χ0) is 36.6. The first-order valence-corrected chi connectivity index (χ1v) is 17.8. The Morgan fingerprint density at radius 1 is 0.827 bits per heavy atom. The van der Waals surface area contributed by atoms with Gasteiger partial charge in [-0.1, -0.05) is 63.2 Å². The number of rotatable bonds is 6. The van der Waals surface area contributed by atoms with Crippen molar-refractivity contribution in [3.8, 4) is 11.3 Å². The van der Waals surface area contributed by atoms with Crippen molar-refractivity contribution in [1.82, 2.24) is 14.9 Å². The van der Waals surface area contributed by atoms with Gasteiger partial charge in [-0.3, -0.25) is 4.79 Å². The molecule has 0 aliphatic carbocycles. The predicted octanol–water partition coefficient (Wildman–Crippen LogP) is 10.6. The number of carbonyl (C=O) groups excluding carboxylic acids is 2. The number of ether oxygens (including phenoxy) is 1. The summed E-state index contributed by atoms with van der Waals surface area (Å²) in [7, 11) is 0. The lowest BCUT2D eigenvalue weighted by Gasteiger charge is -2.48. The SMILES string of the molecule is CC(C)(C)OC(=O)N1CCCC(c2ccc(C(=O)Nc3ccc(Nc4cc(-c5cccc6c5oc5ccccc56)ncn4)cc3)cc2)C1C(C)(C)C. The Morgan fingerprint density at radius 3 is 2.27 bits per heavy atom. The smallest absolute Gasteiger partial charge is 0.410 e. The van der Waals surface area contributed by atoms with Crippen LogP contribution in [-0.4, -0.2) is 45.1 Å². The Hall–Kier alpha value is -5.70. The summed E-state index contributed by atoms with van der Waals surface area (Å²) < 4.78 is 12.0. The van der Waals surface area contributed by atoms with E-state index in [4.69, 9.17) is 9.15 Å². The molecule has 9 heteroatoms. The molecule has 3 heterocycles. The number of piperidine rings is 1. The molecule has 1 aliphatic rings. The molecule has 4 aromatic carbocycles. The standard InChI is InChI=1S/C43H45N5O4/c1-42(2,3)39-31(14-10-24-48(39)41(50)52-43(4,5)6)27-16-18-28(19-17-27)40(49)47-30-22-20-29(21-23-30)46-37-25-35(44-26-45-37)34-13-9-12-33-32-11-7-8-15-36(32)51-38(33)34/h7-9,11-13,15-23,25-26,31,39H,10,14,24H2,1-6H3,(H,47,49)(H,44,45,46). The van der Waals surface area contributed by atoms with Crippen molar-refractivity contribution in [1.29, 1.82) is 0 Å². The Kier molecular flexibility index (Phi) is 9.21. The minimum Gasteiger partial charge on any atom is -0.455 e. The third-order valence-electron chi connectivity index (χ3n) is 9.51. The minimum atomic E-state index is -0.563. The number of likely N-dealkylation sites (tertiary alicyclic amines) is 1. The number of nitrogens with zero attached hydrogens (tertiary/aromatic N) is 3. The number of benzene rings is 4. The molecule has 2 unspecified atom stereocenters. The van der Waals surface area contributed by atoms with Gasteiger partial charge < -0.3 is 24.7 Å². The lowest BCUT2D eigenvalue weighted by Crippen LogP contribution is -2.54. The Morgan fingerprint density at radius 2 is 1.54 bits per heavy atom. The van der Waals surface area contributed by atoms with Crippen LogP contribution in [0.1, 0.15) is 76.2 Å². The van der Waals surface area contributed by atoms with Crippen LogP contribution in [0.4, 0.5) is 22.0 Å². The first-order chi connectivity index (χ1) is 24.8. The Balaban J connectivity index is 1.01. The number of para-hydroxylation sites is 2. The highest BCUT2D eigenvalue weighted by molar-refractivity contribution is 6.09. The van der Waals surface area contributed by atoms with Crippen LogP contribution in [0, 0.1) is 5.41 Å². The van der Waals surface area contributed by atoms with Gasteiger partial charge in [-0.25, -0.2) is 14.8 Å². The summed E-state index contributed by atoms with van der Waals surface area (Å²) in [6.07, 6.45) is 3.11. The predicted molar refractivity (Wildman–Crippen MR) is 207 cm³/mol. The first kappa shape index (κ1) is 34.7. The maximum atomic E-state index is 13.3. The van der Waals surface area contributed by atoms with Crippen LogP contribution in [0.5, 0.6) is 0 Å². The van der Waals surface area contributed by atoms with Crippen LogP contribution in [0.25, 0.3) is 33.2 Å². The molecule has 2 amide bonds. The first-order valence-electron chi connectivity index (χ1n) is 17.8. The summed E-state index contributed by atoms with van der Waals surface area (Å²) in [5, 5.41) is 8.47. The number of nitrogens with one attached hydrogen (secondary N) is 2. The van der Waals surface area contributed by atoms with E-state index in [0.29, 0.717) is 23.6 Å². The van der Waals surface area contributed by atoms with E-state index < -0.39 is 5.60 Å². The third kappa shape index (κ3) is 7.35. The molecule has 2 aromatic heterocycles. The van der Waals surface area contributed by atoms with E-state index in [2.05, 4.69) is 53.5 Å². The molecule has 1 fully saturated rings. The zero-order valence-corrected chi connectivity index (χ0v) is 30.6. The van der Waals surface area contributed by atoms with Gasteiger partial charge in [-0.15, -0.1) is 0 Å². The molecule has 0 bridgehead atoms. The fourth-order valence-electron chi connectivity index (χ4n) is 7.33. The van der Waals surface area contributed by atoms with E-state index in [0.717, 1.165) is 57.3 Å². The largest absolute Gasteiger partial charge is 0.455 e. The number of aromatic nitrogens is 2. The highest BCUT2D eigenvalue weighted by Crippen LogP contribution is 2.42. The molecular weight excluding hydrogens is 651 g/mol. The summed E-state index contributed by atoms with van der Waals surface area (Å²) in [5.74, 6) is 0.568. The van der Waals surface area contributed by atoms with Crippen molar-refractivity contribution < 1.29 is 18.7 Å². The molecule has 1 saturated heterocycles. The second-order valence-electron chi connectivity index (χ2n) is 15.6. The number of fused-ring (bicyclic) bond motifs is 3. The monoisotopic (exact) mass is 695 g/mol. The Bertz CT molecular complexity index is 2230. The number of hydrogen-bond donors (Lipinski definition) is 2. The van der Waals surface area contributed by atoms with E-state index in [-0.39, 0.29) is 29.4 Å². The van der Waals surface area contributed by atoms with Gasteiger partial charge in [0.05, 0.1) is 5.69 Å². The van der Waals surface area contributed by atoms with Gasteiger partial charge in [0.25, 0.3) is 5.91 Å². The van der Waals surface area contributed by atoms with Crippen molar-refractivity contribution in [2.24, 2.45) is 5.41 Å². The van der Waals surface area contributed by atoms with E-state index in [1.807, 2.05) is 111 Å². The topological polar surface area (TPSA) is 110 Å². The summed E-state index contributed by atoms with van der Waals surface area (Å²) in [6, 6.07) is 31.2. The number of hydrogen-bond acceptors (Lipinski definition) is 7. The second kappa shape index (κ2) is 13.8. The van der Waals surface area contributed by atoms with Gasteiger partial charge in [-0.05, 0) is 93.1 Å². The maximum absolute atomic E-state index is 13.3. The van der Waals surface area contributed by atoms with Crippen LogP contribution >= 0.6 is 0 Å². The molecule has 7 rings (SSSR count). The van der Waals surface area contributed by atoms with Crippen LogP contribution in [0.15, 0.2) is 108 Å². The van der Waals surface area contributed by atoms with Gasteiger partial charge in [0.15, 0.2) is 0 Å². The fraction of sp³-hybridized carbons (Fsp3) is 0.302. The number of carbonyl (C=O) groups is 2. The number of amides is 2. The molecule has 52 heavy (non-hydrogen) atoms. The molecule has 6 aromatic rings. The average molecular weight is 696 g/mol. The van der Waals surface area contributed by atoms with E-state index >= 15 is 0 Å². The van der Waals surface area contributed by atoms with E-state index in [9.17, 15) is 9.59 Å². The van der Waals surface area contributed by atoms with Gasteiger partial charge in [-0.2, -0.15) is 0 Å². The maximum Gasteiger partial charge on any atom is 0.410 e. The molecule has 1 aliphatic heterocycles. The van der Waals surface area contributed by atoms with Gasteiger partial charge in [0.2, 0.25) is 0 Å². The lowest BCUT2D eigenvalue weighted by molar-refractivity contribution is -0.0132. The van der Waals surface area contributed by atoms with E-state index in [1.54, 1.807) is 0 Å². The Labute approximate surface area is 304 Å². The average Bonchev–Trinajstić information content (AvgIpc) is 3.50. The van der Waals surface area contributed by atoms with Gasteiger partial charge >= 0.3 is 6.09 Å². The second-order valence-corrected chi connectivity index (χ2v) is 15.6. The van der Waals surface area contributed by atoms with E-state index in [1.165, 1.54) is 6.33 Å². The van der Waals surface area contributed by atoms with Crippen molar-refractivity contribution in [3.05, 3.63) is 115 Å². The van der Waals surface area contributed by atoms with Crippen molar-refractivity contribution in [2.45, 2.75) is 71.9 Å². The number of anilines is 3. The van der Waals surface area contributed by atoms with Gasteiger partial charge in [0, 0.05) is 57.8 Å². The molecule has 9 nitrogen and oxygen atoms in total. The highest BCUT2D eigenvalue weighted by atomic mass is 16.6. The summed E-state index contributed by atoms with van der Waals surface area (Å²) in [6.45, 7) is 12.9. The summed E-state index contributed by atoms with van der Waals surface area (Å²) in [5.41, 5.74) is 5.69. The summed E-state index contributed by atoms with van der Waals surface area (Å²) in [4.78, 5) is 37.4. The third-order valence-corrected chi connectivity index (χ3v) is 9.51. The minimum absolute atomic E-state index is 0.0391. The lowest BCUT2D eigenvalue weighted by atomic mass is 9.71. The van der Waals surface area contributed by atoms with Crippen LogP contribution in [0.2, 0.25) is 0 Å². The van der Waals surface area contributed by atoms with Crippen LogP contribution < -0.4 is 10.6 Å². The molecular formula is C43H45N5O4. The van der Waals surface area contributed by atoms with Crippen LogP contribution in [-0.2, 0) is 4.74 Å². The van der Waals surface area contributed by atoms with Crippen molar-refractivity contribution >= 4 is 51.1 Å². The summed E-state index contributed by atoms with van der Waals surface area (Å²) >= 11 is 0. The van der Waals surface area contributed by atoms with Crippen molar-refractivity contribution in [3.63, 3.8) is 0 Å².